The van der Waals surface area contributed by atoms with Crippen molar-refractivity contribution in [3.8, 4) is 11.3 Å². The first-order valence-corrected chi connectivity index (χ1v) is 9.38. The largest absolute Gasteiger partial charge is 0.481 e. The number of hydrazone groups is 1. The molecule has 5 heteroatoms. The number of hydrogen-bond acceptors (Lipinski definition) is 4. The third-order valence-electron chi connectivity index (χ3n) is 4.87. The minimum Gasteiger partial charge on any atom is -0.481 e. The quantitative estimate of drug-likeness (QED) is 0.427. The monoisotopic (exact) mass is 363 g/mol. The van der Waals surface area contributed by atoms with E-state index < -0.39 is 5.97 Å². The fraction of sp³-hybridized carbons (Fsp3) is 0.318. The molecule has 1 unspecified atom stereocenters. The van der Waals surface area contributed by atoms with Gasteiger partial charge >= 0.3 is 5.97 Å². The first kappa shape index (κ1) is 18.8. The molecule has 1 aliphatic carbocycles. The molecule has 3 rings (SSSR count). The molecule has 0 aliphatic heterocycles. The molecule has 2 aromatic rings. The van der Waals surface area contributed by atoms with E-state index in [1.54, 1.807) is 5.01 Å². The minimum atomic E-state index is -0.910. The molecule has 1 aliphatic rings. The van der Waals surface area contributed by atoms with Gasteiger partial charge in [0.1, 0.15) is 5.82 Å². The average Bonchev–Trinajstić information content (AvgIpc) is 3.16. The van der Waals surface area contributed by atoms with E-state index in [2.05, 4.69) is 29.9 Å². The summed E-state index contributed by atoms with van der Waals surface area (Å²) in [6, 6.07) is 12.3. The Bertz CT molecular complexity index is 860. The molecular weight excluding hydrogens is 338 g/mol. The standard InChI is InChI=1S/C22H25N3O2/c1-3-17(4-2)25(23-15-14-22(26)27)21-13-7-12-20(24-21)19-11-6-9-16-8-5-10-18(16)19/h3,6-7,9,11-13,15,17H,1,4-5,8,10,14H2,2H3,(H,26,27)/b23-15-. The van der Waals surface area contributed by atoms with Gasteiger partial charge in [-0.05, 0) is 48.9 Å². The van der Waals surface area contributed by atoms with E-state index in [-0.39, 0.29) is 12.5 Å². The number of aliphatic carboxylic acids is 1. The van der Waals surface area contributed by atoms with Gasteiger partial charge in [0.25, 0.3) is 0 Å². The van der Waals surface area contributed by atoms with Crippen LogP contribution in [0.4, 0.5) is 5.82 Å². The number of carboxylic acids is 1. The molecule has 1 N–H and O–H groups in total. The van der Waals surface area contributed by atoms with Crippen LogP contribution < -0.4 is 5.01 Å². The number of pyridine rings is 1. The van der Waals surface area contributed by atoms with Crippen molar-refractivity contribution in [1.82, 2.24) is 4.98 Å². The number of aromatic nitrogens is 1. The summed E-state index contributed by atoms with van der Waals surface area (Å²) in [7, 11) is 0. The molecule has 1 aromatic carbocycles. The van der Waals surface area contributed by atoms with Crippen LogP contribution in [-0.4, -0.2) is 28.3 Å². The number of aryl methyl sites for hydroxylation is 1. The summed E-state index contributed by atoms with van der Waals surface area (Å²) in [6.07, 6.45) is 7.28. The predicted molar refractivity (Wildman–Crippen MR) is 109 cm³/mol. The fourth-order valence-electron chi connectivity index (χ4n) is 3.52. The highest BCUT2D eigenvalue weighted by Crippen LogP contribution is 2.32. The molecule has 0 bridgehead atoms. The maximum Gasteiger partial charge on any atom is 0.308 e. The zero-order valence-electron chi connectivity index (χ0n) is 15.6. The van der Waals surface area contributed by atoms with Crippen LogP contribution in [0.2, 0.25) is 0 Å². The Hall–Kier alpha value is -2.95. The van der Waals surface area contributed by atoms with Crippen LogP contribution in [0.15, 0.2) is 54.2 Å². The summed E-state index contributed by atoms with van der Waals surface area (Å²) < 4.78 is 0. The Labute approximate surface area is 160 Å². The highest BCUT2D eigenvalue weighted by molar-refractivity contribution is 5.84. The van der Waals surface area contributed by atoms with Crippen molar-refractivity contribution >= 4 is 18.0 Å². The van der Waals surface area contributed by atoms with E-state index in [4.69, 9.17) is 10.1 Å². The van der Waals surface area contributed by atoms with Gasteiger partial charge in [0, 0.05) is 11.8 Å². The smallest absolute Gasteiger partial charge is 0.308 e. The lowest BCUT2D eigenvalue weighted by Gasteiger charge is -2.25. The summed E-state index contributed by atoms with van der Waals surface area (Å²) in [5.41, 5.74) is 4.89. The molecule has 27 heavy (non-hydrogen) atoms. The van der Waals surface area contributed by atoms with Crippen LogP contribution in [-0.2, 0) is 17.6 Å². The predicted octanol–water partition coefficient (Wildman–Crippen LogP) is 4.47. The van der Waals surface area contributed by atoms with Gasteiger partial charge in [0.05, 0.1) is 18.2 Å². The summed E-state index contributed by atoms with van der Waals surface area (Å²) >= 11 is 0. The summed E-state index contributed by atoms with van der Waals surface area (Å²) in [5.74, 6) is -0.219. The first-order chi connectivity index (χ1) is 13.1. The van der Waals surface area contributed by atoms with E-state index in [1.165, 1.54) is 29.3 Å². The van der Waals surface area contributed by atoms with Crippen molar-refractivity contribution in [3.63, 3.8) is 0 Å². The number of carbonyl (C=O) groups is 1. The number of benzene rings is 1. The fourth-order valence-corrected chi connectivity index (χ4v) is 3.52. The Morgan fingerprint density at radius 2 is 2.15 bits per heavy atom. The molecule has 1 atom stereocenters. The van der Waals surface area contributed by atoms with Gasteiger partial charge in [-0.15, -0.1) is 6.58 Å². The van der Waals surface area contributed by atoms with Gasteiger partial charge in [-0.3, -0.25) is 4.79 Å². The molecule has 5 nitrogen and oxygen atoms in total. The minimum absolute atomic E-state index is 0.0562. The highest BCUT2D eigenvalue weighted by Gasteiger charge is 2.19. The Balaban J connectivity index is 1.98. The Morgan fingerprint density at radius 3 is 2.89 bits per heavy atom. The first-order valence-electron chi connectivity index (χ1n) is 9.38. The number of anilines is 1. The van der Waals surface area contributed by atoms with Crippen molar-refractivity contribution in [2.45, 2.75) is 45.1 Å². The summed E-state index contributed by atoms with van der Waals surface area (Å²) in [5, 5.41) is 15.0. The van der Waals surface area contributed by atoms with Crippen molar-refractivity contribution in [2.75, 3.05) is 5.01 Å². The van der Waals surface area contributed by atoms with Crippen LogP contribution in [0.25, 0.3) is 11.3 Å². The Kier molecular flexibility index (Phi) is 6.01. The Morgan fingerprint density at radius 1 is 1.33 bits per heavy atom. The van der Waals surface area contributed by atoms with E-state index >= 15 is 0 Å². The van der Waals surface area contributed by atoms with Gasteiger partial charge in [-0.2, -0.15) is 5.10 Å². The molecule has 0 fully saturated rings. The second kappa shape index (κ2) is 8.62. The third-order valence-corrected chi connectivity index (χ3v) is 4.87. The van der Waals surface area contributed by atoms with Crippen molar-refractivity contribution in [1.29, 1.82) is 0 Å². The van der Waals surface area contributed by atoms with Crippen molar-refractivity contribution in [2.24, 2.45) is 5.10 Å². The van der Waals surface area contributed by atoms with Gasteiger partial charge in [0.2, 0.25) is 0 Å². The highest BCUT2D eigenvalue weighted by atomic mass is 16.4. The number of hydrogen-bond donors (Lipinski definition) is 1. The van der Waals surface area contributed by atoms with Crippen LogP contribution in [0.3, 0.4) is 0 Å². The lowest BCUT2D eigenvalue weighted by Crippen LogP contribution is -2.29. The molecule has 0 spiro atoms. The van der Waals surface area contributed by atoms with Crippen molar-refractivity contribution < 1.29 is 9.90 Å². The lowest BCUT2D eigenvalue weighted by atomic mass is 10.0. The summed E-state index contributed by atoms with van der Waals surface area (Å²) in [6.45, 7) is 5.93. The van der Waals surface area contributed by atoms with Gasteiger partial charge in [-0.25, -0.2) is 9.99 Å². The number of fused-ring (bicyclic) bond motifs is 1. The van der Waals surface area contributed by atoms with Gasteiger partial charge < -0.3 is 5.11 Å². The van der Waals surface area contributed by atoms with Crippen LogP contribution in [0, 0.1) is 0 Å². The molecule has 1 aromatic heterocycles. The van der Waals surface area contributed by atoms with Gasteiger partial charge in [-0.1, -0.05) is 37.3 Å². The third kappa shape index (κ3) is 4.25. The molecule has 1 heterocycles. The molecule has 0 saturated heterocycles. The number of rotatable bonds is 8. The second-order valence-corrected chi connectivity index (χ2v) is 6.63. The van der Waals surface area contributed by atoms with Crippen molar-refractivity contribution in [3.05, 3.63) is 60.2 Å². The van der Waals surface area contributed by atoms with Gasteiger partial charge in [0.15, 0.2) is 0 Å². The zero-order chi connectivity index (χ0) is 19.2. The number of nitrogens with zero attached hydrogens (tertiary/aromatic N) is 3. The molecule has 0 radical (unpaired) electrons. The lowest BCUT2D eigenvalue weighted by molar-refractivity contribution is -0.135. The second-order valence-electron chi connectivity index (χ2n) is 6.63. The molecule has 0 saturated carbocycles. The van der Waals surface area contributed by atoms with Crippen LogP contribution in [0.5, 0.6) is 0 Å². The maximum atomic E-state index is 10.8. The van der Waals surface area contributed by atoms with E-state index in [1.807, 2.05) is 31.2 Å². The van der Waals surface area contributed by atoms with E-state index in [0.29, 0.717) is 5.82 Å². The summed E-state index contributed by atoms with van der Waals surface area (Å²) in [4.78, 5) is 15.7. The SMILES string of the molecule is C=CC(CC)N(/N=C\CC(=O)O)c1cccc(-c2cccc3c2CCC3)n1. The molecule has 140 valence electrons. The van der Waals surface area contributed by atoms with E-state index in [9.17, 15) is 4.79 Å². The number of carboxylic acid groups (broad SMARTS) is 1. The normalized spacial score (nSPS) is 14.1. The maximum absolute atomic E-state index is 10.8. The zero-order valence-corrected chi connectivity index (χ0v) is 15.6. The molecule has 0 amide bonds. The average molecular weight is 363 g/mol. The topological polar surface area (TPSA) is 65.8 Å². The molecular formula is C22H25N3O2. The van der Waals surface area contributed by atoms with E-state index in [0.717, 1.165) is 25.0 Å². The van der Waals surface area contributed by atoms with Crippen LogP contribution >= 0.6 is 0 Å². The van der Waals surface area contributed by atoms with Crippen LogP contribution in [0.1, 0.15) is 37.3 Å².